The van der Waals surface area contributed by atoms with Crippen LogP contribution < -0.4 is 9.47 Å². The van der Waals surface area contributed by atoms with E-state index in [1.54, 1.807) is 24.3 Å². The number of benzene rings is 3. The molecule has 0 bridgehead atoms. The third-order valence-electron chi connectivity index (χ3n) is 15.5. The van der Waals surface area contributed by atoms with Gasteiger partial charge in [0.25, 0.3) is 0 Å². The summed E-state index contributed by atoms with van der Waals surface area (Å²) in [5.74, 6) is 1.73. The van der Waals surface area contributed by atoms with Crippen molar-refractivity contribution in [1.29, 1.82) is 0 Å². The molecule has 0 amide bonds. The second kappa shape index (κ2) is 17.5. The summed E-state index contributed by atoms with van der Waals surface area (Å²) in [4.78, 5) is 27.6. The largest absolute Gasteiger partial charge is 0.491 e. The summed E-state index contributed by atoms with van der Waals surface area (Å²) in [7, 11) is 0. The third-order valence-corrected chi connectivity index (χ3v) is 15.5. The molecule has 3 aromatic rings. The van der Waals surface area contributed by atoms with E-state index in [4.69, 9.17) is 18.9 Å². The van der Waals surface area contributed by atoms with E-state index in [1.165, 1.54) is 33.4 Å². The molecule has 0 saturated heterocycles. The van der Waals surface area contributed by atoms with E-state index < -0.39 is 23.0 Å². The highest BCUT2D eigenvalue weighted by atomic mass is 16.6. The van der Waals surface area contributed by atoms with Gasteiger partial charge >= 0.3 is 11.9 Å². The van der Waals surface area contributed by atoms with Gasteiger partial charge in [0, 0.05) is 6.07 Å². The molecule has 2 N–H and O–H groups in total. The van der Waals surface area contributed by atoms with Gasteiger partial charge in [0.05, 0.1) is 10.8 Å². The molecule has 0 spiro atoms. The van der Waals surface area contributed by atoms with E-state index in [9.17, 15) is 19.8 Å². The minimum atomic E-state index is -1.01. The number of hydrogen-bond donors (Lipinski definition) is 2. The van der Waals surface area contributed by atoms with Crippen LogP contribution in [0.3, 0.4) is 0 Å². The molecule has 4 aliphatic carbocycles. The van der Waals surface area contributed by atoms with Crippen LogP contribution in [0.4, 0.5) is 0 Å². The van der Waals surface area contributed by atoms with Gasteiger partial charge in [-0.25, -0.2) is 0 Å². The van der Waals surface area contributed by atoms with Crippen LogP contribution in [0.1, 0.15) is 152 Å². The average molecular weight is 823 g/mol. The zero-order valence-electron chi connectivity index (χ0n) is 37.5. The number of esters is 2. The first-order valence-electron chi connectivity index (χ1n) is 22.8. The molecule has 0 aromatic heterocycles. The fourth-order valence-electron chi connectivity index (χ4n) is 12.0. The maximum Gasteiger partial charge on any atom is 0.312 e. The molecule has 326 valence electrons. The SMILES string of the molecule is CC(C)c1ccc2c(c1)CCC1C(C)(C(=O)OCC(O)COc3cccc(OCC(O)COC(=O)C4(C)CCCC5(C)c6ccc(C(C)C)cc6CCC45)c3)CCCC21C. The standard InChI is InChI=1S/C52H70O8/c1-33(2)35-14-18-43-37(26-35)16-20-45-49(43,5)22-10-24-51(45,7)47(55)59-31-39(53)29-57-41-12-9-13-42(28-41)58-30-40(54)32-60-48(56)52(8)25-11-23-50(6)44-19-15-36(34(3)4)27-38(44)17-21-46(50)52/h9,12-15,18-19,26-28,33-34,39-40,45-46,53-54H,10-11,16-17,20-25,29-32H2,1-8H3. The molecule has 60 heavy (non-hydrogen) atoms. The number of aliphatic hydroxyl groups excluding tert-OH is 2. The first-order chi connectivity index (χ1) is 28.5. The summed E-state index contributed by atoms with van der Waals surface area (Å²) in [5.41, 5.74) is 6.85. The molecule has 0 aliphatic heterocycles. The van der Waals surface area contributed by atoms with Gasteiger partial charge in [-0.2, -0.15) is 0 Å². The second-order valence-electron chi connectivity index (χ2n) is 20.3. The van der Waals surface area contributed by atoms with Crippen LogP contribution >= 0.6 is 0 Å². The number of rotatable bonds is 14. The maximum atomic E-state index is 13.8. The van der Waals surface area contributed by atoms with Crippen LogP contribution in [0.25, 0.3) is 0 Å². The third kappa shape index (κ3) is 8.49. The lowest BCUT2D eigenvalue weighted by atomic mass is 9.49. The predicted octanol–water partition coefficient (Wildman–Crippen LogP) is 9.92. The van der Waals surface area contributed by atoms with Crippen LogP contribution in [-0.2, 0) is 42.7 Å². The Morgan fingerprint density at radius 2 is 1.02 bits per heavy atom. The van der Waals surface area contributed by atoms with Gasteiger partial charge < -0.3 is 29.2 Å². The lowest BCUT2D eigenvalue weighted by Gasteiger charge is -2.54. The van der Waals surface area contributed by atoms with Gasteiger partial charge in [0.1, 0.15) is 50.1 Å². The minimum absolute atomic E-state index is 0.0674. The number of fused-ring (bicyclic) bond motifs is 6. The van der Waals surface area contributed by atoms with E-state index in [0.29, 0.717) is 23.3 Å². The Bertz CT molecular complexity index is 1880. The van der Waals surface area contributed by atoms with Crippen LogP contribution in [0.5, 0.6) is 11.5 Å². The number of aliphatic hydroxyl groups is 2. The summed E-state index contributed by atoms with van der Waals surface area (Å²) in [6.07, 6.45) is 7.32. The van der Waals surface area contributed by atoms with Crippen molar-refractivity contribution in [2.45, 2.75) is 154 Å². The smallest absolute Gasteiger partial charge is 0.312 e. The summed E-state index contributed by atoms with van der Waals surface area (Å²) < 4.78 is 23.4. The van der Waals surface area contributed by atoms with E-state index in [1.807, 2.05) is 0 Å². The fraction of sp³-hybridized carbons (Fsp3) is 0.615. The summed E-state index contributed by atoms with van der Waals surface area (Å²) >= 11 is 0. The molecular weight excluding hydrogens is 753 g/mol. The number of aryl methyl sites for hydroxylation is 2. The minimum Gasteiger partial charge on any atom is -0.491 e. The van der Waals surface area contributed by atoms with Crippen LogP contribution in [-0.4, -0.2) is 60.8 Å². The van der Waals surface area contributed by atoms with E-state index in [2.05, 4.69) is 91.8 Å². The van der Waals surface area contributed by atoms with Crippen molar-refractivity contribution in [2.24, 2.45) is 22.7 Å². The highest BCUT2D eigenvalue weighted by molar-refractivity contribution is 5.78. The van der Waals surface area contributed by atoms with Crippen molar-refractivity contribution >= 4 is 11.9 Å². The summed E-state index contributed by atoms with van der Waals surface area (Å²) in [5, 5.41) is 21.7. The van der Waals surface area contributed by atoms with Gasteiger partial charge in [-0.1, -0.05) is 96.8 Å². The van der Waals surface area contributed by atoms with Crippen molar-refractivity contribution < 1.29 is 38.7 Å². The Kier molecular flexibility index (Phi) is 12.9. The molecular formula is C52H70O8. The second-order valence-corrected chi connectivity index (χ2v) is 20.3. The Morgan fingerprint density at radius 1 is 0.600 bits per heavy atom. The lowest BCUT2D eigenvalue weighted by molar-refractivity contribution is -0.168. The Balaban J connectivity index is 0.867. The van der Waals surface area contributed by atoms with Gasteiger partial charge in [-0.3, -0.25) is 9.59 Å². The lowest BCUT2D eigenvalue weighted by Crippen LogP contribution is -2.53. The Hall–Kier alpha value is -3.88. The molecule has 7 rings (SSSR count). The van der Waals surface area contributed by atoms with Crippen molar-refractivity contribution in [1.82, 2.24) is 0 Å². The molecule has 2 saturated carbocycles. The van der Waals surface area contributed by atoms with Gasteiger partial charge in [0.15, 0.2) is 0 Å². The van der Waals surface area contributed by atoms with Gasteiger partial charge in [0.2, 0.25) is 0 Å². The summed E-state index contributed by atoms with van der Waals surface area (Å²) in [6.45, 7) is 17.2. The van der Waals surface area contributed by atoms with E-state index in [-0.39, 0.29) is 61.0 Å². The van der Waals surface area contributed by atoms with Crippen LogP contribution in [0, 0.1) is 22.7 Å². The number of ether oxygens (including phenoxy) is 4. The Morgan fingerprint density at radius 3 is 1.42 bits per heavy atom. The molecule has 3 aromatic carbocycles. The molecule has 2 fully saturated rings. The Labute approximate surface area is 358 Å². The molecule has 0 heterocycles. The number of hydrogen-bond acceptors (Lipinski definition) is 8. The van der Waals surface area contributed by atoms with Crippen molar-refractivity contribution in [3.8, 4) is 11.5 Å². The first kappa shape index (κ1) is 44.2. The molecule has 8 nitrogen and oxygen atoms in total. The van der Waals surface area contributed by atoms with Crippen LogP contribution in [0.2, 0.25) is 0 Å². The topological polar surface area (TPSA) is 112 Å². The van der Waals surface area contributed by atoms with Crippen molar-refractivity contribution in [3.63, 3.8) is 0 Å². The molecule has 8 atom stereocenters. The van der Waals surface area contributed by atoms with Crippen molar-refractivity contribution in [2.75, 3.05) is 26.4 Å². The average Bonchev–Trinajstić information content (AvgIpc) is 3.22. The fourth-order valence-corrected chi connectivity index (χ4v) is 12.0. The number of carbonyl (C=O) groups is 2. The monoisotopic (exact) mass is 823 g/mol. The summed E-state index contributed by atoms with van der Waals surface area (Å²) in [6, 6.07) is 20.8. The van der Waals surface area contributed by atoms with Crippen molar-refractivity contribution in [3.05, 3.63) is 94.0 Å². The quantitative estimate of drug-likeness (QED) is 0.155. The van der Waals surface area contributed by atoms with Crippen LogP contribution in [0.15, 0.2) is 60.7 Å². The molecule has 8 heteroatoms. The van der Waals surface area contributed by atoms with Gasteiger partial charge in [-0.05, 0) is 145 Å². The maximum absolute atomic E-state index is 13.8. The zero-order valence-corrected chi connectivity index (χ0v) is 37.5. The molecule has 8 unspecified atom stereocenters. The highest BCUT2D eigenvalue weighted by Gasteiger charge is 2.57. The first-order valence-corrected chi connectivity index (χ1v) is 22.8. The zero-order chi connectivity index (χ0) is 43.0. The highest BCUT2D eigenvalue weighted by Crippen LogP contribution is 2.59. The normalized spacial score (nSPS) is 29.3. The molecule has 4 aliphatic rings. The number of carbonyl (C=O) groups excluding carboxylic acids is 2. The predicted molar refractivity (Wildman–Crippen MR) is 235 cm³/mol. The van der Waals surface area contributed by atoms with E-state index >= 15 is 0 Å². The van der Waals surface area contributed by atoms with Gasteiger partial charge in [-0.15, -0.1) is 0 Å². The van der Waals surface area contributed by atoms with E-state index in [0.717, 1.165) is 64.2 Å². The molecule has 0 radical (unpaired) electrons.